The van der Waals surface area contributed by atoms with Crippen molar-refractivity contribution >= 4 is 40.2 Å². The summed E-state index contributed by atoms with van der Waals surface area (Å²) in [7, 11) is 0. The molecule has 0 bridgehead atoms. The van der Waals surface area contributed by atoms with E-state index in [4.69, 9.17) is 5.11 Å². The van der Waals surface area contributed by atoms with Crippen molar-refractivity contribution in [1.82, 2.24) is 20.4 Å². The number of aromatic carboxylic acids is 1. The Morgan fingerprint density at radius 3 is 2.81 bits per heavy atom. The zero-order chi connectivity index (χ0) is 10.4. The zero-order valence-corrected chi connectivity index (χ0v) is 8.71. The number of rotatable bonds is 1. The Labute approximate surface area is 95.1 Å². The molecule has 3 N–H and O–H groups in total. The second-order valence-electron chi connectivity index (χ2n) is 3.20. The summed E-state index contributed by atoms with van der Waals surface area (Å²) < 4.78 is 0. The van der Waals surface area contributed by atoms with E-state index in [0.29, 0.717) is 10.9 Å². The molecule has 2 heterocycles. The van der Waals surface area contributed by atoms with Crippen LogP contribution in [0.25, 0.3) is 21.8 Å². The lowest BCUT2D eigenvalue weighted by molar-refractivity contribution is 0.0692. The number of hydrogen-bond donors (Lipinski definition) is 3. The average Bonchev–Trinajstić information content (AvgIpc) is 2.82. The SMILES string of the molecule is Cl.O=C(O)c1[nH]nc2c1ccc1[nH]ncc12. The van der Waals surface area contributed by atoms with Crippen molar-refractivity contribution in [2.45, 2.75) is 0 Å². The van der Waals surface area contributed by atoms with Crippen molar-refractivity contribution in [3.05, 3.63) is 24.0 Å². The van der Waals surface area contributed by atoms with Gasteiger partial charge in [0.25, 0.3) is 0 Å². The molecular weight excluding hydrogens is 232 g/mol. The number of nitrogens with zero attached hydrogens (tertiary/aromatic N) is 2. The fourth-order valence-electron chi connectivity index (χ4n) is 1.66. The molecule has 0 radical (unpaired) electrons. The van der Waals surface area contributed by atoms with Crippen LogP contribution < -0.4 is 0 Å². The van der Waals surface area contributed by atoms with Gasteiger partial charge in [0.15, 0.2) is 5.69 Å². The van der Waals surface area contributed by atoms with E-state index in [1.165, 1.54) is 0 Å². The highest BCUT2D eigenvalue weighted by Crippen LogP contribution is 2.23. The largest absolute Gasteiger partial charge is 0.477 e. The molecule has 0 unspecified atom stereocenters. The minimum absolute atomic E-state index is 0. The monoisotopic (exact) mass is 238 g/mol. The van der Waals surface area contributed by atoms with Gasteiger partial charge in [-0.05, 0) is 12.1 Å². The highest BCUT2D eigenvalue weighted by Gasteiger charge is 2.14. The molecule has 0 spiro atoms. The molecular formula is C9H7ClN4O2. The van der Waals surface area contributed by atoms with Crippen LogP contribution in [0.3, 0.4) is 0 Å². The third-order valence-electron chi connectivity index (χ3n) is 2.36. The molecule has 0 saturated carbocycles. The molecule has 0 aliphatic heterocycles. The second kappa shape index (κ2) is 3.49. The van der Waals surface area contributed by atoms with Gasteiger partial charge >= 0.3 is 5.97 Å². The minimum atomic E-state index is -1.01. The van der Waals surface area contributed by atoms with Gasteiger partial charge in [0.2, 0.25) is 0 Å². The Kier molecular flexibility index (Phi) is 2.28. The molecule has 3 rings (SSSR count). The maximum Gasteiger partial charge on any atom is 0.354 e. The van der Waals surface area contributed by atoms with E-state index in [-0.39, 0.29) is 18.1 Å². The number of aromatic nitrogens is 4. The molecule has 0 fully saturated rings. The lowest BCUT2D eigenvalue weighted by Gasteiger charge is -1.91. The lowest BCUT2D eigenvalue weighted by atomic mass is 10.1. The predicted octanol–water partition coefficient (Wildman–Crippen LogP) is 1.56. The predicted molar refractivity (Wildman–Crippen MR) is 60.0 cm³/mol. The summed E-state index contributed by atoms with van der Waals surface area (Å²) in [5.41, 5.74) is 1.57. The van der Waals surface area contributed by atoms with E-state index >= 15 is 0 Å². The summed E-state index contributed by atoms with van der Waals surface area (Å²) in [5.74, 6) is -1.01. The van der Waals surface area contributed by atoms with Crippen molar-refractivity contribution in [2.24, 2.45) is 0 Å². The van der Waals surface area contributed by atoms with E-state index in [0.717, 1.165) is 10.9 Å². The molecule has 2 aromatic heterocycles. The van der Waals surface area contributed by atoms with Crippen LogP contribution in [-0.4, -0.2) is 31.5 Å². The molecule has 0 saturated heterocycles. The first-order valence-corrected chi connectivity index (χ1v) is 4.31. The van der Waals surface area contributed by atoms with Crippen LogP contribution in [0.5, 0.6) is 0 Å². The Bertz CT molecular complexity index is 672. The van der Waals surface area contributed by atoms with E-state index in [1.807, 2.05) is 0 Å². The Morgan fingerprint density at radius 1 is 1.25 bits per heavy atom. The van der Waals surface area contributed by atoms with Gasteiger partial charge in [-0.1, -0.05) is 0 Å². The highest BCUT2D eigenvalue weighted by atomic mass is 35.5. The molecule has 0 aliphatic rings. The van der Waals surface area contributed by atoms with Crippen molar-refractivity contribution < 1.29 is 9.90 Å². The van der Waals surface area contributed by atoms with Gasteiger partial charge in [-0.25, -0.2) is 4.79 Å². The standard InChI is InChI=1S/C9H6N4O2.ClH/c14-9(15)8-4-1-2-6-5(3-10-11-6)7(4)12-13-8;/h1-3H,(H,10,11)(H,12,13)(H,14,15);1H. The Balaban J connectivity index is 0.000000963. The summed E-state index contributed by atoms with van der Waals surface area (Å²) in [6.07, 6.45) is 1.63. The Morgan fingerprint density at radius 2 is 2.06 bits per heavy atom. The summed E-state index contributed by atoms with van der Waals surface area (Å²) in [5, 5.41) is 23.5. The van der Waals surface area contributed by atoms with Gasteiger partial charge < -0.3 is 5.11 Å². The number of carboxylic acid groups (broad SMARTS) is 1. The number of nitrogens with one attached hydrogen (secondary N) is 2. The van der Waals surface area contributed by atoms with Crippen molar-refractivity contribution in [3.63, 3.8) is 0 Å². The van der Waals surface area contributed by atoms with Crippen LogP contribution >= 0.6 is 12.4 Å². The molecule has 82 valence electrons. The summed E-state index contributed by atoms with van der Waals surface area (Å²) >= 11 is 0. The first kappa shape index (κ1) is 10.4. The number of halogens is 1. The molecule has 0 atom stereocenters. The van der Waals surface area contributed by atoms with Gasteiger partial charge in [0.1, 0.15) is 5.52 Å². The number of aromatic amines is 2. The molecule has 0 amide bonds. The lowest BCUT2D eigenvalue weighted by Crippen LogP contribution is -1.96. The summed E-state index contributed by atoms with van der Waals surface area (Å²) in [4.78, 5) is 10.9. The molecule has 0 aliphatic carbocycles. The van der Waals surface area contributed by atoms with Gasteiger partial charge in [-0.2, -0.15) is 10.2 Å². The van der Waals surface area contributed by atoms with Gasteiger partial charge in [0.05, 0.1) is 11.7 Å². The minimum Gasteiger partial charge on any atom is -0.477 e. The van der Waals surface area contributed by atoms with Crippen LogP contribution in [0.1, 0.15) is 10.5 Å². The fraction of sp³-hybridized carbons (Fsp3) is 0. The number of benzene rings is 1. The average molecular weight is 239 g/mol. The molecule has 6 nitrogen and oxygen atoms in total. The van der Waals surface area contributed by atoms with E-state index in [2.05, 4.69) is 20.4 Å². The topological polar surface area (TPSA) is 94.7 Å². The van der Waals surface area contributed by atoms with Crippen molar-refractivity contribution in [3.8, 4) is 0 Å². The summed E-state index contributed by atoms with van der Waals surface area (Å²) in [6, 6.07) is 3.50. The fourth-order valence-corrected chi connectivity index (χ4v) is 1.66. The number of hydrogen-bond acceptors (Lipinski definition) is 3. The smallest absolute Gasteiger partial charge is 0.354 e. The quantitative estimate of drug-likeness (QED) is 0.600. The number of carbonyl (C=O) groups is 1. The number of carboxylic acids is 1. The molecule has 7 heteroatoms. The van der Waals surface area contributed by atoms with Crippen LogP contribution in [0.15, 0.2) is 18.3 Å². The van der Waals surface area contributed by atoms with E-state index in [1.54, 1.807) is 18.3 Å². The number of fused-ring (bicyclic) bond motifs is 3. The second-order valence-corrected chi connectivity index (χ2v) is 3.20. The third kappa shape index (κ3) is 1.24. The maximum atomic E-state index is 10.9. The van der Waals surface area contributed by atoms with Gasteiger partial charge in [0, 0.05) is 10.8 Å². The third-order valence-corrected chi connectivity index (χ3v) is 2.36. The van der Waals surface area contributed by atoms with Crippen LogP contribution in [-0.2, 0) is 0 Å². The van der Waals surface area contributed by atoms with Gasteiger partial charge in [-0.15, -0.1) is 12.4 Å². The van der Waals surface area contributed by atoms with Crippen LogP contribution in [0.4, 0.5) is 0 Å². The van der Waals surface area contributed by atoms with E-state index < -0.39 is 5.97 Å². The zero-order valence-electron chi connectivity index (χ0n) is 7.89. The molecule has 16 heavy (non-hydrogen) atoms. The number of H-pyrrole nitrogens is 2. The van der Waals surface area contributed by atoms with Crippen LogP contribution in [0, 0.1) is 0 Å². The Hall–Kier alpha value is -2.08. The van der Waals surface area contributed by atoms with Crippen LogP contribution in [0.2, 0.25) is 0 Å². The van der Waals surface area contributed by atoms with E-state index in [9.17, 15) is 4.79 Å². The van der Waals surface area contributed by atoms with Gasteiger partial charge in [-0.3, -0.25) is 10.2 Å². The summed E-state index contributed by atoms with van der Waals surface area (Å²) in [6.45, 7) is 0. The highest BCUT2D eigenvalue weighted by molar-refractivity contribution is 6.10. The van der Waals surface area contributed by atoms with Crippen molar-refractivity contribution in [1.29, 1.82) is 0 Å². The maximum absolute atomic E-state index is 10.9. The van der Waals surface area contributed by atoms with Crippen molar-refractivity contribution in [2.75, 3.05) is 0 Å². The molecule has 3 aromatic rings. The normalized spacial score (nSPS) is 10.5. The molecule has 1 aromatic carbocycles. The first-order chi connectivity index (χ1) is 7.27. The first-order valence-electron chi connectivity index (χ1n) is 4.31.